The summed E-state index contributed by atoms with van der Waals surface area (Å²) in [6.07, 6.45) is 7.06. The zero-order valence-corrected chi connectivity index (χ0v) is 17.2. The summed E-state index contributed by atoms with van der Waals surface area (Å²) >= 11 is 0. The molecule has 2 fully saturated rings. The molecule has 2 aromatic carbocycles. The van der Waals surface area contributed by atoms with Gasteiger partial charge in [-0.1, -0.05) is 55.7 Å². The van der Waals surface area contributed by atoms with Gasteiger partial charge in [-0.3, -0.25) is 0 Å². The third-order valence-corrected chi connectivity index (χ3v) is 6.75. The highest BCUT2D eigenvalue weighted by Crippen LogP contribution is 2.45. The molecule has 3 atom stereocenters. The molecule has 0 spiro atoms. The van der Waals surface area contributed by atoms with Crippen molar-refractivity contribution < 1.29 is 4.74 Å². The number of ether oxygens (including phenoxy) is 1. The molecule has 2 aliphatic rings. The summed E-state index contributed by atoms with van der Waals surface area (Å²) in [6, 6.07) is 15.8. The topological polar surface area (TPSA) is 12.5 Å². The molecule has 2 heteroatoms. The van der Waals surface area contributed by atoms with Crippen LogP contribution in [0.15, 0.2) is 42.5 Å². The van der Waals surface area contributed by atoms with Gasteiger partial charge in [-0.2, -0.15) is 0 Å². The number of hydrogen-bond donors (Lipinski definition) is 0. The Bertz CT molecular complexity index is 772. The minimum absolute atomic E-state index is 0.00854. The number of para-hydroxylation sites is 1. The van der Waals surface area contributed by atoms with Crippen LogP contribution in [0, 0.1) is 26.7 Å². The van der Waals surface area contributed by atoms with Crippen molar-refractivity contribution in [2.75, 3.05) is 4.90 Å². The van der Waals surface area contributed by atoms with Crippen molar-refractivity contribution in [2.24, 2.45) is 5.92 Å². The van der Waals surface area contributed by atoms with Crippen LogP contribution in [0.5, 0.6) is 0 Å². The van der Waals surface area contributed by atoms with Crippen molar-refractivity contribution in [3.63, 3.8) is 0 Å². The summed E-state index contributed by atoms with van der Waals surface area (Å²) in [4.78, 5) is 2.56. The monoisotopic (exact) mass is 363 g/mol. The highest BCUT2D eigenvalue weighted by atomic mass is 16.5. The predicted octanol–water partition coefficient (Wildman–Crippen LogP) is 6.48. The minimum atomic E-state index is 0.00854. The van der Waals surface area contributed by atoms with Gasteiger partial charge in [0.05, 0.1) is 12.1 Å². The van der Waals surface area contributed by atoms with E-state index in [0.29, 0.717) is 18.1 Å². The first-order chi connectivity index (χ1) is 13.1. The van der Waals surface area contributed by atoms with E-state index in [2.05, 4.69) is 75.1 Å². The molecule has 4 rings (SSSR count). The van der Waals surface area contributed by atoms with Gasteiger partial charge in [0, 0.05) is 11.3 Å². The molecule has 0 aromatic heterocycles. The van der Waals surface area contributed by atoms with E-state index >= 15 is 0 Å². The summed E-state index contributed by atoms with van der Waals surface area (Å²) in [5, 5.41) is 0. The smallest absolute Gasteiger partial charge is 0.157 e. The standard InChI is InChI=1S/C25H33NO/c1-17-11-8-9-16-22(17)26-20(4)24(21-14-6-5-7-15-21)27-25(26)23-18(2)12-10-13-19(23)3/h8-13,16,20-21,24-25H,5-7,14-15H2,1-4H3/t20-,24?,25?/m0/s1. The lowest BCUT2D eigenvalue weighted by atomic mass is 9.83. The van der Waals surface area contributed by atoms with Crippen LogP contribution in [-0.4, -0.2) is 12.1 Å². The molecule has 1 saturated heterocycles. The first kappa shape index (κ1) is 18.6. The maximum Gasteiger partial charge on any atom is 0.157 e. The Balaban J connectivity index is 1.77. The summed E-state index contributed by atoms with van der Waals surface area (Å²) < 4.78 is 6.91. The molecule has 1 saturated carbocycles. The second kappa shape index (κ2) is 7.67. The van der Waals surface area contributed by atoms with Gasteiger partial charge in [-0.25, -0.2) is 0 Å². The van der Waals surface area contributed by atoms with Crippen molar-refractivity contribution in [3.05, 3.63) is 64.7 Å². The highest BCUT2D eigenvalue weighted by molar-refractivity contribution is 5.57. The van der Waals surface area contributed by atoms with E-state index < -0.39 is 0 Å². The summed E-state index contributed by atoms with van der Waals surface area (Å²) in [5.74, 6) is 0.689. The van der Waals surface area contributed by atoms with Gasteiger partial charge in [0.2, 0.25) is 0 Å². The van der Waals surface area contributed by atoms with Crippen LogP contribution in [0.3, 0.4) is 0 Å². The predicted molar refractivity (Wildman–Crippen MR) is 113 cm³/mol. The summed E-state index contributed by atoms with van der Waals surface area (Å²) in [6.45, 7) is 9.04. The Labute approximate surface area is 164 Å². The Kier molecular flexibility index (Phi) is 5.27. The normalized spacial score (nSPS) is 26.5. The van der Waals surface area contributed by atoms with Crippen LogP contribution >= 0.6 is 0 Å². The fraction of sp³-hybridized carbons (Fsp3) is 0.520. The number of anilines is 1. The molecule has 0 N–H and O–H groups in total. The molecule has 0 amide bonds. The SMILES string of the molecule is Cc1ccccc1N1C(c2c(C)cccc2C)OC(C2CCCCC2)[C@@H]1C. The fourth-order valence-corrected chi connectivity index (χ4v) is 5.29. The second-order valence-corrected chi connectivity index (χ2v) is 8.59. The molecule has 0 radical (unpaired) electrons. The number of rotatable bonds is 3. The first-order valence-corrected chi connectivity index (χ1v) is 10.6. The van der Waals surface area contributed by atoms with Gasteiger partial charge >= 0.3 is 0 Å². The van der Waals surface area contributed by atoms with Crippen molar-refractivity contribution in [1.29, 1.82) is 0 Å². The van der Waals surface area contributed by atoms with Gasteiger partial charge in [0.15, 0.2) is 6.23 Å². The molecule has 1 aliphatic heterocycles. The van der Waals surface area contributed by atoms with Crippen LogP contribution in [0.1, 0.15) is 67.5 Å². The summed E-state index contributed by atoms with van der Waals surface area (Å²) in [5.41, 5.74) is 6.65. The Morgan fingerprint density at radius 1 is 0.815 bits per heavy atom. The average Bonchev–Trinajstić information content (AvgIpc) is 3.00. The maximum absolute atomic E-state index is 6.91. The Morgan fingerprint density at radius 3 is 2.11 bits per heavy atom. The minimum Gasteiger partial charge on any atom is -0.348 e. The third kappa shape index (κ3) is 3.40. The number of aryl methyl sites for hydroxylation is 3. The zero-order valence-electron chi connectivity index (χ0n) is 17.2. The molecule has 2 aromatic rings. The molecule has 27 heavy (non-hydrogen) atoms. The zero-order chi connectivity index (χ0) is 19.0. The number of benzene rings is 2. The lowest BCUT2D eigenvalue weighted by Gasteiger charge is -2.33. The van der Waals surface area contributed by atoms with E-state index in [0.717, 1.165) is 0 Å². The van der Waals surface area contributed by atoms with Crippen molar-refractivity contribution in [1.82, 2.24) is 0 Å². The van der Waals surface area contributed by atoms with Crippen LogP contribution in [0.4, 0.5) is 5.69 Å². The van der Waals surface area contributed by atoms with E-state index in [9.17, 15) is 0 Å². The van der Waals surface area contributed by atoms with E-state index in [-0.39, 0.29) is 6.23 Å². The quantitative estimate of drug-likeness (QED) is 0.618. The largest absolute Gasteiger partial charge is 0.348 e. The Morgan fingerprint density at radius 2 is 1.44 bits per heavy atom. The molecule has 2 unspecified atom stereocenters. The van der Waals surface area contributed by atoms with E-state index in [1.54, 1.807) is 0 Å². The molecule has 144 valence electrons. The number of nitrogens with zero attached hydrogens (tertiary/aromatic N) is 1. The van der Waals surface area contributed by atoms with Crippen LogP contribution in [-0.2, 0) is 4.74 Å². The van der Waals surface area contributed by atoms with E-state index in [4.69, 9.17) is 4.74 Å². The van der Waals surface area contributed by atoms with Crippen molar-refractivity contribution in [2.45, 2.75) is 78.2 Å². The third-order valence-electron chi connectivity index (χ3n) is 6.75. The van der Waals surface area contributed by atoms with E-state index in [1.807, 2.05) is 0 Å². The molecule has 2 nitrogen and oxygen atoms in total. The van der Waals surface area contributed by atoms with Gasteiger partial charge < -0.3 is 9.64 Å². The molecular weight excluding hydrogens is 330 g/mol. The lowest BCUT2D eigenvalue weighted by Crippen LogP contribution is -2.38. The second-order valence-electron chi connectivity index (χ2n) is 8.59. The average molecular weight is 364 g/mol. The van der Waals surface area contributed by atoms with Gasteiger partial charge in [0.1, 0.15) is 0 Å². The maximum atomic E-state index is 6.91. The first-order valence-electron chi connectivity index (χ1n) is 10.6. The van der Waals surface area contributed by atoms with Crippen LogP contribution in [0.2, 0.25) is 0 Å². The van der Waals surface area contributed by atoms with Gasteiger partial charge in [0.25, 0.3) is 0 Å². The fourth-order valence-electron chi connectivity index (χ4n) is 5.29. The summed E-state index contributed by atoms with van der Waals surface area (Å²) in [7, 11) is 0. The lowest BCUT2D eigenvalue weighted by molar-refractivity contribution is -0.00393. The van der Waals surface area contributed by atoms with Crippen molar-refractivity contribution >= 4 is 5.69 Å². The molecule has 1 heterocycles. The number of hydrogen-bond acceptors (Lipinski definition) is 2. The highest BCUT2D eigenvalue weighted by Gasteiger charge is 2.45. The molecule has 1 aliphatic carbocycles. The molecule has 0 bridgehead atoms. The van der Waals surface area contributed by atoms with Gasteiger partial charge in [-0.15, -0.1) is 0 Å². The van der Waals surface area contributed by atoms with Crippen LogP contribution < -0.4 is 4.90 Å². The Hall–Kier alpha value is -1.80. The molecular formula is C25H33NO. The van der Waals surface area contributed by atoms with Gasteiger partial charge in [-0.05, 0) is 69.2 Å². The van der Waals surface area contributed by atoms with E-state index in [1.165, 1.54) is 60.0 Å². The van der Waals surface area contributed by atoms with Crippen LogP contribution in [0.25, 0.3) is 0 Å². The van der Waals surface area contributed by atoms with Crippen molar-refractivity contribution in [3.8, 4) is 0 Å².